The van der Waals surface area contributed by atoms with Gasteiger partial charge in [-0.15, -0.1) is 0 Å². The highest BCUT2D eigenvalue weighted by molar-refractivity contribution is 6.05. The molecule has 1 aliphatic heterocycles. The van der Waals surface area contributed by atoms with Gasteiger partial charge >= 0.3 is 5.97 Å². The maximum atomic E-state index is 12.5. The van der Waals surface area contributed by atoms with Crippen LogP contribution in [0, 0.1) is 12.8 Å². The van der Waals surface area contributed by atoms with Crippen molar-refractivity contribution in [3.8, 4) is 5.75 Å². The van der Waals surface area contributed by atoms with Gasteiger partial charge in [-0.2, -0.15) is 0 Å². The molecule has 0 aromatic heterocycles. The molecular weight excluding hydrogens is 360 g/mol. The average Bonchev–Trinajstić information content (AvgIpc) is 2.71. The van der Waals surface area contributed by atoms with E-state index in [-0.39, 0.29) is 25.0 Å². The van der Waals surface area contributed by atoms with E-state index in [0.29, 0.717) is 23.4 Å². The van der Waals surface area contributed by atoms with E-state index in [4.69, 9.17) is 4.74 Å². The van der Waals surface area contributed by atoms with Crippen molar-refractivity contribution in [3.05, 3.63) is 59.2 Å². The molecule has 0 aliphatic carbocycles. The fourth-order valence-corrected chi connectivity index (χ4v) is 3.04. The Labute approximate surface area is 163 Å². The van der Waals surface area contributed by atoms with Crippen molar-refractivity contribution in [2.75, 3.05) is 25.6 Å². The number of hydrogen-bond acceptors (Lipinski definition) is 5. The molecule has 2 N–H and O–H groups in total. The minimum atomic E-state index is -0.508. The summed E-state index contributed by atoms with van der Waals surface area (Å²) >= 11 is 0. The first-order valence-electron chi connectivity index (χ1n) is 8.95. The minimum absolute atomic E-state index is 0.175. The highest BCUT2D eigenvalue weighted by Gasteiger charge is 2.26. The Morgan fingerprint density at radius 3 is 2.71 bits per heavy atom. The van der Waals surface area contributed by atoms with E-state index >= 15 is 0 Å². The lowest BCUT2D eigenvalue weighted by atomic mass is 9.95. The number of carbonyl (C=O) groups excluding carboxylic acids is 3. The lowest BCUT2D eigenvalue weighted by molar-refractivity contribution is -0.141. The van der Waals surface area contributed by atoms with Crippen molar-refractivity contribution in [2.24, 2.45) is 5.92 Å². The van der Waals surface area contributed by atoms with Gasteiger partial charge in [-0.05, 0) is 48.7 Å². The van der Waals surface area contributed by atoms with Crippen LogP contribution in [0.1, 0.15) is 21.5 Å². The van der Waals surface area contributed by atoms with E-state index in [1.54, 1.807) is 18.2 Å². The predicted molar refractivity (Wildman–Crippen MR) is 103 cm³/mol. The minimum Gasteiger partial charge on any atom is -0.492 e. The van der Waals surface area contributed by atoms with E-state index < -0.39 is 11.9 Å². The number of fused-ring (bicyclic) bond motifs is 1. The molecule has 2 aromatic rings. The van der Waals surface area contributed by atoms with E-state index in [1.165, 1.54) is 7.11 Å². The Morgan fingerprint density at radius 1 is 1.18 bits per heavy atom. The van der Waals surface area contributed by atoms with E-state index in [1.807, 2.05) is 31.2 Å². The highest BCUT2D eigenvalue weighted by atomic mass is 16.5. The van der Waals surface area contributed by atoms with Crippen molar-refractivity contribution >= 4 is 23.5 Å². The van der Waals surface area contributed by atoms with Crippen molar-refractivity contribution in [3.63, 3.8) is 0 Å². The third-order valence-corrected chi connectivity index (χ3v) is 4.62. The van der Waals surface area contributed by atoms with Gasteiger partial charge in [0.2, 0.25) is 5.91 Å². The zero-order valence-electron chi connectivity index (χ0n) is 15.8. The summed E-state index contributed by atoms with van der Waals surface area (Å²) in [5.41, 5.74) is 2.96. The monoisotopic (exact) mass is 382 g/mol. The van der Waals surface area contributed by atoms with Gasteiger partial charge in [0.25, 0.3) is 5.91 Å². The SMILES string of the molecule is COC(=O)CNC(=O)[C@@H]1COc2ccc(NC(=O)c3ccccc3C)cc2C1. The van der Waals surface area contributed by atoms with Crippen LogP contribution in [-0.4, -0.2) is 38.0 Å². The van der Waals surface area contributed by atoms with Crippen LogP contribution in [0.3, 0.4) is 0 Å². The van der Waals surface area contributed by atoms with Crippen molar-refractivity contribution in [2.45, 2.75) is 13.3 Å². The summed E-state index contributed by atoms with van der Waals surface area (Å²) in [6.45, 7) is 1.94. The molecule has 0 bridgehead atoms. The van der Waals surface area contributed by atoms with Gasteiger partial charge in [0.15, 0.2) is 0 Å². The summed E-state index contributed by atoms with van der Waals surface area (Å²) in [5.74, 6) is -0.704. The summed E-state index contributed by atoms with van der Waals surface area (Å²) in [5, 5.41) is 5.43. The molecule has 3 rings (SSSR count). The number of anilines is 1. The standard InChI is InChI=1S/C21H22N2O5/c1-13-5-3-4-6-17(13)21(26)23-16-7-8-18-14(10-16)9-15(12-28-18)20(25)22-11-19(24)27-2/h3-8,10,15H,9,11-12H2,1-2H3,(H,22,25)(H,23,26)/t15-/m0/s1. The number of benzene rings is 2. The number of amides is 2. The molecule has 2 amide bonds. The fraction of sp³-hybridized carbons (Fsp3) is 0.286. The maximum Gasteiger partial charge on any atom is 0.325 e. The second-order valence-electron chi connectivity index (χ2n) is 6.60. The number of esters is 1. The lowest BCUT2D eigenvalue weighted by Gasteiger charge is -2.25. The van der Waals surface area contributed by atoms with Gasteiger partial charge in [0.1, 0.15) is 18.9 Å². The number of nitrogens with one attached hydrogen (secondary N) is 2. The molecule has 7 heteroatoms. The zero-order chi connectivity index (χ0) is 20.1. The van der Waals surface area contributed by atoms with Crippen LogP contribution >= 0.6 is 0 Å². The molecule has 0 spiro atoms. The molecule has 0 fully saturated rings. The quantitative estimate of drug-likeness (QED) is 0.773. The molecular formula is C21H22N2O5. The largest absolute Gasteiger partial charge is 0.492 e. The summed E-state index contributed by atoms with van der Waals surface area (Å²) in [4.78, 5) is 35.9. The van der Waals surface area contributed by atoms with E-state index in [2.05, 4.69) is 15.4 Å². The van der Waals surface area contributed by atoms with Crippen molar-refractivity contribution in [1.29, 1.82) is 0 Å². The summed E-state index contributed by atoms with van der Waals surface area (Å²) in [6.07, 6.45) is 0.455. The second-order valence-corrected chi connectivity index (χ2v) is 6.60. The van der Waals surface area contributed by atoms with Crippen LogP contribution in [0.25, 0.3) is 0 Å². The first-order valence-corrected chi connectivity index (χ1v) is 8.95. The first kappa shape index (κ1) is 19.4. The first-order chi connectivity index (χ1) is 13.5. The van der Waals surface area contributed by atoms with Crippen molar-refractivity contribution in [1.82, 2.24) is 5.32 Å². The molecule has 1 aliphatic rings. The fourth-order valence-electron chi connectivity index (χ4n) is 3.04. The number of rotatable bonds is 5. The maximum absolute atomic E-state index is 12.5. The molecule has 146 valence electrons. The Balaban J connectivity index is 1.67. The van der Waals surface area contributed by atoms with E-state index in [9.17, 15) is 14.4 Å². The molecule has 1 atom stereocenters. The Morgan fingerprint density at radius 2 is 1.96 bits per heavy atom. The summed E-state index contributed by atoms with van der Waals surface area (Å²) < 4.78 is 10.2. The molecule has 0 saturated heterocycles. The summed E-state index contributed by atoms with van der Waals surface area (Å²) in [6, 6.07) is 12.7. The molecule has 0 saturated carbocycles. The van der Waals surface area contributed by atoms with Crippen LogP contribution in [0.5, 0.6) is 5.75 Å². The second kappa shape index (κ2) is 8.56. The van der Waals surface area contributed by atoms with Gasteiger partial charge in [0, 0.05) is 11.3 Å². The third kappa shape index (κ3) is 4.49. The van der Waals surface area contributed by atoms with Gasteiger partial charge in [0.05, 0.1) is 13.0 Å². The number of aryl methyl sites for hydroxylation is 1. The molecule has 28 heavy (non-hydrogen) atoms. The van der Waals surface area contributed by atoms with Crippen LogP contribution in [0.15, 0.2) is 42.5 Å². The highest BCUT2D eigenvalue weighted by Crippen LogP contribution is 2.30. The van der Waals surface area contributed by atoms with Crippen LogP contribution in [-0.2, 0) is 20.7 Å². The van der Waals surface area contributed by atoms with Crippen LogP contribution in [0.4, 0.5) is 5.69 Å². The van der Waals surface area contributed by atoms with Gasteiger partial charge in [-0.1, -0.05) is 18.2 Å². The Bertz CT molecular complexity index is 909. The lowest BCUT2D eigenvalue weighted by Crippen LogP contribution is -2.39. The van der Waals surface area contributed by atoms with Gasteiger partial charge in [-0.3, -0.25) is 14.4 Å². The van der Waals surface area contributed by atoms with Crippen LogP contribution in [0.2, 0.25) is 0 Å². The Kier molecular flexibility index (Phi) is 5.93. The Hall–Kier alpha value is -3.35. The normalized spacial score (nSPS) is 15.0. The smallest absolute Gasteiger partial charge is 0.325 e. The molecule has 2 aromatic carbocycles. The number of ether oxygens (including phenoxy) is 2. The van der Waals surface area contributed by atoms with Gasteiger partial charge in [-0.25, -0.2) is 0 Å². The third-order valence-electron chi connectivity index (χ3n) is 4.62. The molecule has 7 nitrogen and oxygen atoms in total. The molecule has 0 radical (unpaired) electrons. The molecule has 0 unspecified atom stereocenters. The molecule has 1 heterocycles. The van der Waals surface area contributed by atoms with E-state index in [0.717, 1.165) is 11.1 Å². The predicted octanol–water partition coefficient (Wildman–Crippen LogP) is 2.09. The number of methoxy groups -OCH3 is 1. The number of hydrogen-bond donors (Lipinski definition) is 2. The van der Waals surface area contributed by atoms with Crippen LogP contribution < -0.4 is 15.4 Å². The summed E-state index contributed by atoms with van der Waals surface area (Å²) in [7, 11) is 1.27. The number of carbonyl (C=O) groups is 3. The topological polar surface area (TPSA) is 93.7 Å². The average molecular weight is 382 g/mol. The van der Waals surface area contributed by atoms with Crippen molar-refractivity contribution < 1.29 is 23.9 Å². The zero-order valence-corrected chi connectivity index (χ0v) is 15.8. The van der Waals surface area contributed by atoms with Gasteiger partial charge < -0.3 is 20.1 Å².